The highest BCUT2D eigenvalue weighted by Crippen LogP contribution is 2.53. The number of benzene rings is 5. The van der Waals surface area contributed by atoms with E-state index in [0.717, 1.165) is 6.42 Å². The lowest BCUT2D eigenvalue weighted by Gasteiger charge is -2.39. The van der Waals surface area contributed by atoms with E-state index < -0.39 is 0 Å². The summed E-state index contributed by atoms with van der Waals surface area (Å²) in [5.74, 6) is 1.65. The van der Waals surface area contributed by atoms with Gasteiger partial charge in [0.2, 0.25) is 0 Å². The molecule has 6 aromatic rings. The number of aromatic nitrogens is 1. The van der Waals surface area contributed by atoms with Gasteiger partial charge >= 0.3 is 0 Å². The van der Waals surface area contributed by atoms with Crippen molar-refractivity contribution in [2.24, 2.45) is 5.92 Å². The summed E-state index contributed by atoms with van der Waals surface area (Å²) in [6, 6.07) is 44.5. The fourth-order valence-electron chi connectivity index (χ4n) is 11.6. The summed E-state index contributed by atoms with van der Waals surface area (Å²) < 4.78 is 0. The third-order valence-corrected chi connectivity index (χ3v) is 14.4. The molecule has 3 nitrogen and oxygen atoms in total. The topological polar surface area (TPSA) is 22.3 Å². The van der Waals surface area contributed by atoms with Crippen molar-refractivity contribution in [2.75, 3.05) is 9.80 Å². The van der Waals surface area contributed by atoms with Crippen LogP contribution in [0.1, 0.15) is 106 Å². The monoisotopic (exact) mass is 757 g/mol. The van der Waals surface area contributed by atoms with Gasteiger partial charge in [0.05, 0.1) is 11.2 Å². The predicted octanol–water partition coefficient (Wildman–Crippen LogP) is 15.0. The number of H-pyrrole nitrogens is 1. The second kappa shape index (κ2) is 15.3. The van der Waals surface area contributed by atoms with Gasteiger partial charge in [0.1, 0.15) is 0 Å². The van der Waals surface area contributed by atoms with Gasteiger partial charge in [0, 0.05) is 57.3 Å². The zero-order chi connectivity index (χ0) is 38.4. The number of hydrogen-bond donors (Lipinski definition) is 1. The first-order chi connectivity index (χ1) is 28.8. The minimum absolute atomic E-state index is 0.374. The van der Waals surface area contributed by atoms with Crippen LogP contribution < -0.4 is 9.80 Å². The van der Waals surface area contributed by atoms with Crippen LogP contribution in [0, 0.1) is 5.92 Å². The van der Waals surface area contributed by atoms with Crippen LogP contribution in [0.2, 0.25) is 0 Å². The van der Waals surface area contributed by atoms with E-state index >= 15 is 0 Å². The number of nitrogens with one attached hydrogen (secondary N) is 1. The average molecular weight is 758 g/mol. The third-order valence-electron chi connectivity index (χ3n) is 14.4. The number of allylic oxidation sites excluding steroid dienone is 8. The normalized spacial score (nSPS) is 24.3. The van der Waals surface area contributed by atoms with E-state index in [2.05, 4.69) is 167 Å². The number of para-hydroxylation sites is 3. The number of hydrogen-bond acceptors (Lipinski definition) is 2. The smallest absolute Gasteiger partial charge is 0.0706 e. The van der Waals surface area contributed by atoms with Crippen molar-refractivity contribution < 1.29 is 0 Å². The van der Waals surface area contributed by atoms with Crippen molar-refractivity contribution in [1.82, 2.24) is 4.98 Å². The van der Waals surface area contributed by atoms with Gasteiger partial charge in [-0.05, 0) is 134 Å². The zero-order valence-corrected chi connectivity index (χ0v) is 33.7. The zero-order valence-electron chi connectivity index (χ0n) is 33.7. The third kappa shape index (κ3) is 6.35. The minimum Gasteiger partial charge on any atom is -0.353 e. The highest BCUT2D eigenvalue weighted by Gasteiger charge is 2.41. The molecule has 58 heavy (non-hydrogen) atoms. The van der Waals surface area contributed by atoms with E-state index in [9.17, 15) is 0 Å². The van der Waals surface area contributed by atoms with E-state index in [0.29, 0.717) is 29.8 Å². The van der Waals surface area contributed by atoms with Crippen LogP contribution in [0.5, 0.6) is 0 Å². The van der Waals surface area contributed by atoms with Crippen molar-refractivity contribution in [3.63, 3.8) is 0 Å². The van der Waals surface area contributed by atoms with Crippen LogP contribution >= 0.6 is 0 Å². The van der Waals surface area contributed by atoms with Crippen molar-refractivity contribution >= 4 is 50.1 Å². The van der Waals surface area contributed by atoms with Crippen LogP contribution in [-0.2, 0) is 0 Å². The minimum atomic E-state index is 0.374. The Morgan fingerprint density at radius 2 is 1.45 bits per heavy atom. The first-order valence-electron chi connectivity index (χ1n) is 22.4. The number of aromatic amines is 1. The lowest BCUT2D eigenvalue weighted by molar-refractivity contribution is 0.363. The maximum atomic E-state index is 3.84. The van der Waals surface area contributed by atoms with E-state index in [1.165, 1.54) is 132 Å². The standard InChI is InChI=1S/C55H55N3/c1-4-14-38(15-5-1)40-30-34-44(35-31-40)57(53-25-13-21-48-47-18-10-11-22-50(47)56-55(48)53)45-36-32-41(33-37-45)39-26-28-42(29-27-39)46-20-12-24-52-54(46)49-19-8-3-9-23-51(49)58(52)43-16-6-2-7-17-43/h2,4,6-7,10-18,20-22,24-26,28-29,32-33,36-37,39-40,44,49,51,56H,1,3,5,8-9,19,23,27,30-31,34-35H2. The van der Waals surface area contributed by atoms with Crippen molar-refractivity contribution in [2.45, 2.75) is 101 Å². The van der Waals surface area contributed by atoms with E-state index in [1.807, 2.05) is 0 Å². The highest BCUT2D eigenvalue weighted by atomic mass is 15.2. The van der Waals surface area contributed by atoms with Gasteiger partial charge in [-0.2, -0.15) is 0 Å². The summed E-state index contributed by atoms with van der Waals surface area (Å²) in [5.41, 5.74) is 15.2. The lowest BCUT2D eigenvalue weighted by atomic mass is 9.79. The summed E-state index contributed by atoms with van der Waals surface area (Å²) in [4.78, 5) is 9.22. The Morgan fingerprint density at radius 3 is 2.28 bits per heavy atom. The molecule has 3 atom stereocenters. The highest BCUT2D eigenvalue weighted by molar-refractivity contribution is 6.11. The second-order valence-corrected chi connectivity index (χ2v) is 17.6. The van der Waals surface area contributed by atoms with Crippen LogP contribution in [0.3, 0.4) is 0 Å². The van der Waals surface area contributed by atoms with Crippen molar-refractivity contribution in [3.05, 3.63) is 174 Å². The molecule has 0 saturated heterocycles. The molecular weight excluding hydrogens is 703 g/mol. The Hall–Kier alpha value is -5.54. The fourth-order valence-corrected chi connectivity index (χ4v) is 11.6. The molecule has 0 spiro atoms. The molecule has 2 saturated carbocycles. The maximum Gasteiger partial charge on any atom is 0.0706 e. The predicted molar refractivity (Wildman–Crippen MR) is 246 cm³/mol. The molecule has 4 aliphatic carbocycles. The molecule has 0 amide bonds. The molecule has 1 aromatic heterocycles. The molecule has 290 valence electrons. The second-order valence-electron chi connectivity index (χ2n) is 17.6. The first-order valence-corrected chi connectivity index (χ1v) is 22.4. The number of anilines is 4. The Kier molecular flexibility index (Phi) is 9.41. The van der Waals surface area contributed by atoms with Crippen LogP contribution in [0.25, 0.3) is 27.4 Å². The summed E-state index contributed by atoms with van der Waals surface area (Å²) in [6.07, 6.45) is 29.6. The molecule has 1 aliphatic heterocycles. The molecule has 1 N–H and O–H groups in total. The van der Waals surface area contributed by atoms with Gasteiger partial charge in [0.25, 0.3) is 0 Å². The quantitative estimate of drug-likeness (QED) is 0.175. The van der Waals surface area contributed by atoms with Crippen LogP contribution in [-0.4, -0.2) is 17.1 Å². The Balaban J connectivity index is 0.883. The van der Waals surface area contributed by atoms with Gasteiger partial charge in [-0.25, -0.2) is 0 Å². The fraction of sp³-hybridized carbons (Fsp3) is 0.309. The Morgan fingerprint density at radius 1 is 0.638 bits per heavy atom. The van der Waals surface area contributed by atoms with Gasteiger partial charge in [0.15, 0.2) is 0 Å². The van der Waals surface area contributed by atoms with Crippen molar-refractivity contribution in [1.29, 1.82) is 0 Å². The molecule has 5 aromatic carbocycles. The lowest BCUT2D eigenvalue weighted by Crippen LogP contribution is -2.35. The van der Waals surface area contributed by atoms with Gasteiger partial charge in [-0.3, -0.25) is 0 Å². The number of fused-ring (bicyclic) bond motifs is 6. The van der Waals surface area contributed by atoms with Crippen LogP contribution in [0.15, 0.2) is 157 Å². The number of rotatable bonds is 7. The molecule has 2 fully saturated rings. The summed E-state index contributed by atoms with van der Waals surface area (Å²) >= 11 is 0. The SMILES string of the molecule is C1=CC(C2CCC(N(c3ccc(C4C=CC(c5cccc6c5C5CCCCCC5N6c5ccccc5)=CC4)cc3)c3cccc4c3[nH]c3ccccc34)CC2)=CCC1. The molecule has 2 heterocycles. The van der Waals surface area contributed by atoms with E-state index in [4.69, 9.17) is 0 Å². The van der Waals surface area contributed by atoms with Gasteiger partial charge in [-0.15, -0.1) is 0 Å². The molecule has 3 unspecified atom stereocenters. The summed E-state index contributed by atoms with van der Waals surface area (Å²) in [6.45, 7) is 0. The van der Waals surface area contributed by atoms with Crippen molar-refractivity contribution in [3.8, 4) is 0 Å². The molecular formula is C55H55N3. The molecule has 11 rings (SSSR count). The molecule has 3 heteroatoms. The largest absolute Gasteiger partial charge is 0.353 e. The van der Waals surface area contributed by atoms with Gasteiger partial charge < -0.3 is 14.8 Å². The number of nitrogens with zero attached hydrogens (tertiary/aromatic N) is 2. The summed E-state index contributed by atoms with van der Waals surface area (Å²) in [7, 11) is 0. The Labute approximate surface area is 344 Å². The Bertz CT molecular complexity index is 2560. The summed E-state index contributed by atoms with van der Waals surface area (Å²) in [5, 5.41) is 2.61. The van der Waals surface area contributed by atoms with Gasteiger partial charge in [-0.1, -0.05) is 129 Å². The molecule has 0 bridgehead atoms. The average Bonchev–Trinajstić information content (AvgIpc) is 3.73. The molecule has 0 radical (unpaired) electrons. The van der Waals surface area contributed by atoms with E-state index in [-0.39, 0.29) is 0 Å². The maximum absolute atomic E-state index is 3.84. The molecule has 5 aliphatic rings. The first kappa shape index (κ1) is 35.6. The van der Waals surface area contributed by atoms with Crippen LogP contribution in [0.4, 0.5) is 22.7 Å². The van der Waals surface area contributed by atoms with E-state index in [1.54, 1.807) is 11.1 Å².